The minimum atomic E-state index is 0.348. The van der Waals surface area contributed by atoms with Crippen LogP contribution in [0.4, 0.5) is 0 Å². The molecule has 0 aromatic heterocycles. The summed E-state index contributed by atoms with van der Waals surface area (Å²) in [4.78, 5) is 2.41. The molecule has 1 aliphatic carbocycles. The van der Waals surface area contributed by atoms with Crippen LogP contribution in [0.2, 0.25) is 0 Å². The molecular formula is C11H21N3O. The first-order valence-electron chi connectivity index (χ1n) is 6.01. The second-order valence-electron chi connectivity index (χ2n) is 4.82. The zero-order chi connectivity index (χ0) is 10.7. The van der Waals surface area contributed by atoms with Gasteiger partial charge in [0.1, 0.15) is 0 Å². The van der Waals surface area contributed by atoms with Crippen LogP contribution in [0.25, 0.3) is 0 Å². The van der Waals surface area contributed by atoms with E-state index in [9.17, 15) is 0 Å². The molecular weight excluding hydrogens is 190 g/mol. The van der Waals surface area contributed by atoms with Crippen LogP contribution in [0, 0.1) is 5.92 Å². The number of nitrogens with two attached hydrogens (primary N) is 1. The zero-order valence-corrected chi connectivity index (χ0v) is 9.23. The Morgan fingerprint density at radius 1 is 1.27 bits per heavy atom. The van der Waals surface area contributed by atoms with Gasteiger partial charge in [-0.3, -0.25) is 4.90 Å². The number of fused-ring (bicyclic) bond motifs is 1. The maximum Gasteiger partial charge on any atom is 0.153 e. The highest BCUT2D eigenvalue weighted by molar-refractivity contribution is 5.81. The average Bonchev–Trinajstić information content (AvgIpc) is 2.29. The van der Waals surface area contributed by atoms with E-state index in [0.717, 1.165) is 12.5 Å². The van der Waals surface area contributed by atoms with Crippen LogP contribution < -0.4 is 5.73 Å². The average molecular weight is 211 g/mol. The molecule has 0 unspecified atom stereocenters. The van der Waals surface area contributed by atoms with Gasteiger partial charge in [-0.25, -0.2) is 0 Å². The molecule has 15 heavy (non-hydrogen) atoms. The van der Waals surface area contributed by atoms with Crippen LogP contribution in [0.1, 0.15) is 38.5 Å². The van der Waals surface area contributed by atoms with Crippen LogP contribution in [-0.4, -0.2) is 35.1 Å². The largest absolute Gasteiger partial charge is 0.409 e. The predicted octanol–water partition coefficient (Wildman–Crippen LogP) is 1.39. The van der Waals surface area contributed by atoms with Crippen LogP contribution in [-0.2, 0) is 0 Å². The summed E-state index contributed by atoms with van der Waals surface area (Å²) in [5.41, 5.74) is 5.58. The fraction of sp³-hybridized carbons (Fsp3) is 0.909. The van der Waals surface area contributed by atoms with Gasteiger partial charge >= 0.3 is 0 Å². The van der Waals surface area contributed by atoms with Gasteiger partial charge in [0.2, 0.25) is 0 Å². The third-order valence-electron chi connectivity index (χ3n) is 3.85. The Labute approximate surface area is 91.1 Å². The number of oxime groups is 1. The maximum atomic E-state index is 8.60. The van der Waals surface area contributed by atoms with Gasteiger partial charge in [-0.2, -0.15) is 0 Å². The predicted molar refractivity (Wildman–Crippen MR) is 60.0 cm³/mol. The van der Waals surface area contributed by atoms with Crippen molar-refractivity contribution < 1.29 is 5.21 Å². The second kappa shape index (κ2) is 4.84. The Morgan fingerprint density at radius 2 is 2.00 bits per heavy atom. The summed E-state index contributed by atoms with van der Waals surface area (Å²) in [5.74, 6) is 1.21. The normalized spacial score (nSPS) is 33.7. The third-order valence-corrected chi connectivity index (χ3v) is 3.85. The van der Waals surface area contributed by atoms with Crippen LogP contribution in [0.3, 0.4) is 0 Å². The Balaban J connectivity index is 1.97. The molecule has 0 radical (unpaired) electrons. The molecule has 0 aromatic rings. The van der Waals surface area contributed by atoms with Gasteiger partial charge in [0, 0.05) is 6.04 Å². The van der Waals surface area contributed by atoms with Crippen molar-refractivity contribution in [2.75, 3.05) is 13.1 Å². The van der Waals surface area contributed by atoms with Crippen molar-refractivity contribution in [2.45, 2.75) is 44.6 Å². The lowest BCUT2D eigenvalue weighted by Gasteiger charge is -2.43. The number of rotatable bonds is 2. The summed E-state index contributed by atoms with van der Waals surface area (Å²) >= 11 is 0. The molecule has 0 aromatic carbocycles. The summed E-state index contributed by atoms with van der Waals surface area (Å²) in [6, 6.07) is 0.688. The van der Waals surface area contributed by atoms with E-state index in [-0.39, 0.29) is 0 Å². The monoisotopic (exact) mass is 211 g/mol. The van der Waals surface area contributed by atoms with Crippen LogP contribution >= 0.6 is 0 Å². The summed E-state index contributed by atoms with van der Waals surface area (Å²) in [5, 5.41) is 11.7. The molecule has 2 atom stereocenters. The molecule has 0 bridgehead atoms. The first-order valence-corrected chi connectivity index (χ1v) is 6.01. The molecule has 4 nitrogen and oxygen atoms in total. The molecule has 1 saturated heterocycles. The molecule has 0 amide bonds. The topological polar surface area (TPSA) is 61.8 Å². The van der Waals surface area contributed by atoms with Gasteiger partial charge in [0.05, 0.1) is 6.54 Å². The zero-order valence-electron chi connectivity index (χ0n) is 9.23. The van der Waals surface area contributed by atoms with Crippen molar-refractivity contribution in [3.63, 3.8) is 0 Å². The van der Waals surface area contributed by atoms with Gasteiger partial charge in [0.15, 0.2) is 5.84 Å². The molecule has 1 saturated carbocycles. The number of nitrogens with zero attached hydrogens (tertiary/aromatic N) is 2. The highest BCUT2D eigenvalue weighted by atomic mass is 16.4. The SMILES string of the molecule is NC(CN1CCC[C@H]2CCCC[C@H]21)=NO. The number of amidine groups is 1. The Bertz CT molecular complexity index is 240. The molecule has 86 valence electrons. The number of hydrogen-bond acceptors (Lipinski definition) is 3. The van der Waals surface area contributed by atoms with Crippen molar-refractivity contribution in [2.24, 2.45) is 16.8 Å². The molecule has 2 fully saturated rings. The van der Waals surface area contributed by atoms with Crippen molar-refractivity contribution in [1.29, 1.82) is 0 Å². The lowest BCUT2D eigenvalue weighted by Crippen LogP contribution is -2.49. The summed E-state index contributed by atoms with van der Waals surface area (Å²) in [6.07, 6.45) is 8.03. The lowest BCUT2D eigenvalue weighted by molar-refractivity contribution is 0.0737. The van der Waals surface area contributed by atoms with Crippen molar-refractivity contribution in [3.8, 4) is 0 Å². The van der Waals surface area contributed by atoms with Gasteiger partial charge in [-0.05, 0) is 38.1 Å². The minimum absolute atomic E-state index is 0.348. The van der Waals surface area contributed by atoms with E-state index in [1.54, 1.807) is 0 Å². The van der Waals surface area contributed by atoms with E-state index in [1.165, 1.54) is 38.5 Å². The summed E-state index contributed by atoms with van der Waals surface area (Å²) in [6.45, 7) is 1.75. The number of hydrogen-bond donors (Lipinski definition) is 2. The molecule has 1 aliphatic heterocycles. The molecule has 1 heterocycles. The summed E-state index contributed by atoms with van der Waals surface area (Å²) < 4.78 is 0. The first kappa shape index (κ1) is 10.7. The van der Waals surface area contributed by atoms with Crippen molar-refractivity contribution >= 4 is 5.84 Å². The van der Waals surface area contributed by atoms with E-state index >= 15 is 0 Å². The van der Waals surface area contributed by atoms with Crippen molar-refractivity contribution in [3.05, 3.63) is 0 Å². The third kappa shape index (κ3) is 2.43. The van der Waals surface area contributed by atoms with Gasteiger partial charge in [-0.1, -0.05) is 18.0 Å². The fourth-order valence-electron chi connectivity index (χ4n) is 3.16. The number of piperidine rings is 1. The van der Waals surface area contributed by atoms with E-state index in [0.29, 0.717) is 18.4 Å². The molecule has 4 heteroatoms. The Hall–Kier alpha value is -0.770. The van der Waals surface area contributed by atoms with Crippen LogP contribution in [0.5, 0.6) is 0 Å². The minimum Gasteiger partial charge on any atom is -0.409 e. The molecule has 2 aliphatic rings. The maximum absolute atomic E-state index is 8.60. The Kier molecular flexibility index (Phi) is 3.46. The van der Waals surface area contributed by atoms with Gasteiger partial charge in [0.25, 0.3) is 0 Å². The molecule has 2 rings (SSSR count). The molecule has 3 N–H and O–H groups in total. The highest BCUT2D eigenvalue weighted by Gasteiger charge is 2.33. The van der Waals surface area contributed by atoms with E-state index in [4.69, 9.17) is 10.9 Å². The first-order chi connectivity index (χ1) is 7.31. The summed E-state index contributed by atoms with van der Waals surface area (Å²) in [7, 11) is 0. The van der Waals surface area contributed by atoms with Gasteiger partial charge < -0.3 is 10.9 Å². The lowest BCUT2D eigenvalue weighted by atomic mass is 9.78. The quantitative estimate of drug-likeness (QED) is 0.314. The number of likely N-dealkylation sites (tertiary alicyclic amines) is 1. The Morgan fingerprint density at radius 3 is 2.80 bits per heavy atom. The van der Waals surface area contributed by atoms with E-state index in [2.05, 4.69) is 10.1 Å². The second-order valence-corrected chi connectivity index (χ2v) is 4.82. The molecule has 0 spiro atoms. The highest BCUT2D eigenvalue weighted by Crippen LogP contribution is 2.34. The smallest absolute Gasteiger partial charge is 0.153 e. The fourth-order valence-corrected chi connectivity index (χ4v) is 3.16. The van der Waals surface area contributed by atoms with Gasteiger partial charge in [-0.15, -0.1) is 0 Å². The van der Waals surface area contributed by atoms with Crippen molar-refractivity contribution in [1.82, 2.24) is 4.90 Å². The van der Waals surface area contributed by atoms with Crippen LogP contribution in [0.15, 0.2) is 5.16 Å². The standard InChI is InChI=1S/C11H21N3O/c12-11(13-15)8-14-7-3-5-9-4-1-2-6-10(9)14/h9-10,15H,1-8H2,(H2,12,13)/t9-,10-/m1/s1. The van der Waals surface area contributed by atoms with E-state index < -0.39 is 0 Å². The van der Waals surface area contributed by atoms with E-state index in [1.807, 2.05) is 0 Å².